The topological polar surface area (TPSA) is 62.5 Å². The molecular weight excluding hydrogens is 302 g/mol. The first-order chi connectivity index (χ1) is 10.6. The van der Waals surface area contributed by atoms with Gasteiger partial charge in [0.1, 0.15) is 0 Å². The summed E-state index contributed by atoms with van der Waals surface area (Å²) < 4.78 is 11.1. The first-order valence-corrected chi connectivity index (χ1v) is 7.56. The van der Waals surface area contributed by atoms with Gasteiger partial charge in [-0.25, -0.2) is 0 Å². The highest BCUT2D eigenvalue weighted by molar-refractivity contribution is 8.00. The molecule has 22 heavy (non-hydrogen) atoms. The number of rotatable bonds is 6. The van der Waals surface area contributed by atoms with Gasteiger partial charge in [0.05, 0.1) is 19.5 Å². The molecule has 5 nitrogen and oxygen atoms in total. The summed E-state index contributed by atoms with van der Waals surface area (Å²) in [5, 5.41) is 11.7. The SMILES string of the molecule is COc1ccc(C(=O)C(C)Sc2cccc[n+]2[O-])cc1OC. The second-order valence-electron chi connectivity index (χ2n) is 4.56. The van der Waals surface area contributed by atoms with Gasteiger partial charge in [-0.2, -0.15) is 4.73 Å². The van der Waals surface area contributed by atoms with Crippen molar-refractivity contribution in [2.24, 2.45) is 0 Å². The van der Waals surface area contributed by atoms with E-state index in [0.717, 1.165) is 4.73 Å². The van der Waals surface area contributed by atoms with Crippen LogP contribution in [0.2, 0.25) is 0 Å². The standard InChI is InChI=1S/C16H17NO4S/c1-11(22-15-6-4-5-9-17(15)19)16(18)12-7-8-13(20-2)14(10-12)21-3/h4-11H,1-3H3. The molecule has 0 bridgehead atoms. The normalized spacial score (nSPS) is 11.8. The molecule has 0 aliphatic heterocycles. The third-order valence-electron chi connectivity index (χ3n) is 3.12. The molecule has 1 aromatic carbocycles. The fraction of sp³-hybridized carbons (Fsp3) is 0.250. The molecule has 0 saturated carbocycles. The van der Waals surface area contributed by atoms with E-state index < -0.39 is 0 Å². The highest BCUT2D eigenvalue weighted by Gasteiger charge is 2.21. The summed E-state index contributed by atoms with van der Waals surface area (Å²) in [6, 6.07) is 10.1. The Balaban J connectivity index is 2.19. The van der Waals surface area contributed by atoms with Gasteiger partial charge < -0.3 is 14.7 Å². The largest absolute Gasteiger partial charge is 0.618 e. The molecule has 116 valence electrons. The van der Waals surface area contributed by atoms with Crippen molar-refractivity contribution >= 4 is 17.5 Å². The molecule has 0 aliphatic rings. The minimum atomic E-state index is -0.388. The Morgan fingerprint density at radius 1 is 1.18 bits per heavy atom. The molecule has 6 heteroatoms. The van der Waals surface area contributed by atoms with Crippen molar-refractivity contribution in [3.8, 4) is 11.5 Å². The Labute approximate surface area is 133 Å². The number of hydrogen-bond acceptors (Lipinski definition) is 5. The zero-order valence-electron chi connectivity index (χ0n) is 12.6. The highest BCUT2D eigenvalue weighted by atomic mass is 32.2. The molecule has 0 amide bonds. The lowest BCUT2D eigenvalue weighted by Gasteiger charge is -2.12. The van der Waals surface area contributed by atoms with Gasteiger partial charge in [0.25, 0.3) is 5.03 Å². The molecule has 0 spiro atoms. The van der Waals surface area contributed by atoms with Crippen LogP contribution in [-0.4, -0.2) is 25.3 Å². The summed E-state index contributed by atoms with van der Waals surface area (Å²) >= 11 is 1.23. The molecule has 0 N–H and O–H groups in total. The van der Waals surface area contributed by atoms with E-state index >= 15 is 0 Å². The summed E-state index contributed by atoms with van der Waals surface area (Å²) in [4.78, 5) is 12.5. The minimum absolute atomic E-state index is 0.0743. The van der Waals surface area contributed by atoms with Crippen molar-refractivity contribution in [2.45, 2.75) is 17.2 Å². The van der Waals surface area contributed by atoms with Gasteiger partial charge >= 0.3 is 0 Å². The van der Waals surface area contributed by atoms with Crippen LogP contribution in [0.5, 0.6) is 11.5 Å². The van der Waals surface area contributed by atoms with E-state index in [9.17, 15) is 10.0 Å². The molecule has 0 aliphatic carbocycles. The fourth-order valence-corrected chi connectivity index (χ4v) is 2.89. The molecule has 0 saturated heterocycles. The van der Waals surface area contributed by atoms with Crippen molar-refractivity contribution < 1.29 is 19.0 Å². The molecule has 0 radical (unpaired) electrons. The van der Waals surface area contributed by atoms with E-state index in [1.807, 2.05) is 0 Å². The number of carbonyl (C=O) groups is 1. The van der Waals surface area contributed by atoms with Crippen LogP contribution in [0.3, 0.4) is 0 Å². The van der Waals surface area contributed by atoms with E-state index in [-0.39, 0.29) is 11.0 Å². The van der Waals surface area contributed by atoms with Crippen molar-refractivity contribution in [1.29, 1.82) is 0 Å². The van der Waals surface area contributed by atoms with Gasteiger partial charge in [-0.15, -0.1) is 0 Å². The molecule has 2 rings (SSSR count). The smallest absolute Gasteiger partial charge is 0.252 e. The van der Waals surface area contributed by atoms with Crippen LogP contribution < -0.4 is 14.2 Å². The average molecular weight is 319 g/mol. The van der Waals surface area contributed by atoms with Gasteiger partial charge in [0.15, 0.2) is 23.5 Å². The van der Waals surface area contributed by atoms with Crippen LogP contribution in [-0.2, 0) is 0 Å². The minimum Gasteiger partial charge on any atom is -0.618 e. The number of thioether (sulfide) groups is 1. The van der Waals surface area contributed by atoms with Crippen LogP contribution in [0, 0.1) is 5.21 Å². The predicted molar refractivity (Wildman–Crippen MR) is 84.6 cm³/mol. The van der Waals surface area contributed by atoms with Gasteiger partial charge in [-0.3, -0.25) is 4.79 Å². The number of hydrogen-bond donors (Lipinski definition) is 0. The van der Waals surface area contributed by atoms with Gasteiger partial charge in [0, 0.05) is 17.7 Å². The highest BCUT2D eigenvalue weighted by Crippen LogP contribution is 2.30. The zero-order chi connectivity index (χ0) is 16.1. The second kappa shape index (κ2) is 7.17. The number of ketones is 1. The molecule has 1 heterocycles. The van der Waals surface area contributed by atoms with Gasteiger partial charge in [-0.05, 0) is 43.0 Å². The van der Waals surface area contributed by atoms with E-state index in [1.54, 1.807) is 50.4 Å². The Bertz CT molecular complexity index is 675. The predicted octanol–water partition coefficient (Wildman–Crippen LogP) is 2.70. The Hall–Kier alpha value is -2.21. The fourth-order valence-electron chi connectivity index (χ4n) is 1.96. The first kappa shape index (κ1) is 16.2. The Morgan fingerprint density at radius 3 is 2.55 bits per heavy atom. The molecule has 1 unspecified atom stereocenters. The third kappa shape index (κ3) is 3.51. The second-order valence-corrected chi connectivity index (χ2v) is 5.92. The van der Waals surface area contributed by atoms with Crippen LogP contribution in [0.25, 0.3) is 0 Å². The number of nitrogens with zero attached hydrogens (tertiary/aromatic N) is 1. The van der Waals surface area contributed by atoms with E-state index in [2.05, 4.69) is 0 Å². The van der Waals surface area contributed by atoms with E-state index in [4.69, 9.17) is 9.47 Å². The number of ether oxygens (including phenoxy) is 2. The summed E-state index contributed by atoms with van der Waals surface area (Å²) in [6.07, 6.45) is 1.41. The number of Topliss-reactive ketones (excluding diaryl/α,β-unsaturated/α-hetero) is 1. The molecule has 1 aromatic heterocycles. The lowest BCUT2D eigenvalue weighted by Crippen LogP contribution is -2.29. The molecule has 1 atom stereocenters. The maximum Gasteiger partial charge on any atom is 0.252 e. The number of methoxy groups -OCH3 is 2. The lowest BCUT2D eigenvalue weighted by molar-refractivity contribution is -0.645. The summed E-state index contributed by atoms with van der Waals surface area (Å²) in [5.74, 6) is 0.999. The monoisotopic (exact) mass is 319 g/mol. The summed E-state index contributed by atoms with van der Waals surface area (Å²) in [5.41, 5.74) is 0.519. The van der Waals surface area contributed by atoms with Crippen molar-refractivity contribution in [2.75, 3.05) is 14.2 Å². The van der Waals surface area contributed by atoms with E-state index in [1.165, 1.54) is 25.1 Å². The summed E-state index contributed by atoms with van der Waals surface area (Å²) in [7, 11) is 3.06. The quantitative estimate of drug-likeness (QED) is 0.354. The summed E-state index contributed by atoms with van der Waals surface area (Å²) in [6.45, 7) is 1.77. The van der Waals surface area contributed by atoms with Crippen molar-refractivity contribution in [1.82, 2.24) is 0 Å². The number of pyridine rings is 1. The number of benzene rings is 1. The van der Waals surface area contributed by atoms with Crippen LogP contribution in [0.15, 0.2) is 47.6 Å². The van der Waals surface area contributed by atoms with Crippen LogP contribution in [0.1, 0.15) is 17.3 Å². The Kier molecular flexibility index (Phi) is 5.27. The van der Waals surface area contributed by atoms with Crippen LogP contribution >= 0.6 is 11.8 Å². The third-order valence-corrected chi connectivity index (χ3v) is 4.25. The average Bonchev–Trinajstić information content (AvgIpc) is 2.55. The van der Waals surface area contributed by atoms with Gasteiger partial charge in [0.2, 0.25) is 0 Å². The molecule has 2 aromatic rings. The number of carbonyl (C=O) groups excluding carboxylic acids is 1. The molecule has 0 fully saturated rings. The van der Waals surface area contributed by atoms with Crippen molar-refractivity contribution in [3.63, 3.8) is 0 Å². The zero-order valence-corrected chi connectivity index (χ0v) is 13.4. The lowest BCUT2D eigenvalue weighted by atomic mass is 10.1. The maximum atomic E-state index is 12.5. The van der Waals surface area contributed by atoms with E-state index in [0.29, 0.717) is 22.1 Å². The first-order valence-electron chi connectivity index (χ1n) is 6.68. The van der Waals surface area contributed by atoms with Crippen LogP contribution in [0.4, 0.5) is 0 Å². The number of aromatic nitrogens is 1. The van der Waals surface area contributed by atoms with Gasteiger partial charge in [-0.1, -0.05) is 0 Å². The van der Waals surface area contributed by atoms with Crippen molar-refractivity contribution in [3.05, 3.63) is 53.4 Å². The molecular formula is C16H17NO4S. The maximum absolute atomic E-state index is 12.5. The Morgan fingerprint density at radius 2 is 1.91 bits per heavy atom.